The van der Waals surface area contributed by atoms with Gasteiger partial charge in [0.1, 0.15) is 35.9 Å². The number of ether oxygens (including phenoxy) is 5. The maximum absolute atomic E-state index is 13.6. The van der Waals surface area contributed by atoms with E-state index in [1.807, 2.05) is 60.7 Å². The summed E-state index contributed by atoms with van der Waals surface area (Å²) < 4.78 is 35.9. The quantitative estimate of drug-likeness (QED) is 0.148. The molecule has 0 aliphatic heterocycles. The predicted octanol–water partition coefficient (Wildman–Crippen LogP) is 7.25. The number of hydrogen-bond donors (Lipinski definition) is 0. The molecule has 5 aromatic rings. The molecule has 8 heteroatoms. The van der Waals surface area contributed by atoms with Crippen molar-refractivity contribution in [1.82, 2.24) is 0 Å². The first-order chi connectivity index (χ1) is 19.5. The molecule has 0 aliphatic rings. The van der Waals surface area contributed by atoms with Crippen LogP contribution in [0.3, 0.4) is 0 Å². The lowest BCUT2D eigenvalue weighted by Crippen LogP contribution is -2.07. The van der Waals surface area contributed by atoms with Gasteiger partial charge in [-0.15, -0.1) is 0 Å². The van der Waals surface area contributed by atoms with Crippen LogP contribution in [-0.4, -0.2) is 21.3 Å². The Morgan fingerprint density at radius 3 is 1.75 bits per heavy atom. The van der Waals surface area contributed by atoms with E-state index in [0.29, 0.717) is 61.2 Å². The van der Waals surface area contributed by atoms with Crippen molar-refractivity contribution in [2.24, 2.45) is 0 Å². The molecule has 204 valence electrons. The lowest BCUT2D eigenvalue weighted by Gasteiger charge is -2.16. The van der Waals surface area contributed by atoms with E-state index in [1.165, 1.54) is 27.4 Å². The Kier molecular flexibility index (Phi) is 8.45. The SMILES string of the molecule is COc1cc(-c2cc(=O)c3c(OCc4ccccc4)cc(OCc4ccccc4)c(I)c3o2)cc(OC)c1OC. The highest BCUT2D eigenvalue weighted by Crippen LogP contribution is 2.43. The number of rotatable bonds is 10. The highest BCUT2D eigenvalue weighted by atomic mass is 127. The number of fused-ring (bicyclic) bond motifs is 1. The third kappa shape index (κ3) is 5.72. The zero-order valence-corrected chi connectivity index (χ0v) is 24.4. The molecular formula is C32H27IO7. The maximum Gasteiger partial charge on any atom is 0.203 e. The van der Waals surface area contributed by atoms with Crippen LogP contribution < -0.4 is 29.1 Å². The molecule has 0 unspecified atom stereocenters. The molecule has 0 fully saturated rings. The van der Waals surface area contributed by atoms with Gasteiger partial charge in [0, 0.05) is 17.7 Å². The largest absolute Gasteiger partial charge is 0.493 e. The van der Waals surface area contributed by atoms with Crippen LogP contribution in [0.5, 0.6) is 28.7 Å². The van der Waals surface area contributed by atoms with Crippen LogP contribution in [0, 0.1) is 3.57 Å². The Hall–Kier alpha value is -4.18. The number of methoxy groups -OCH3 is 3. The number of halogens is 1. The van der Waals surface area contributed by atoms with E-state index in [2.05, 4.69) is 22.6 Å². The first-order valence-electron chi connectivity index (χ1n) is 12.5. The molecule has 0 amide bonds. The lowest BCUT2D eigenvalue weighted by molar-refractivity contribution is 0.290. The van der Waals surface area contributed by atoms with E-state index in [4.69, 9.17) is 28.1 Å². The van der Waals surface area contributed by atoms with Crippen molar-refractivity contribution in [2.75, 3.05) is 21.3 Å². The van der Waals surface area contributed by atoms with Gasteiger partial charge in [0.2, 0.25) is 5.75 Å². The second-order valence-corrected chi connectivity index (χ2v) is 9.91. The van der Waals surface area contributed by atoms with Gasteiger partial charge in [0.05, 0.1) is 24.9 Å². The average Bonchev–Trinajstić information content (AvgIpc) is 3.00. The van der Waals surface area contributed by atoms with Gasteiger partial charge >= 0.3 is 0 Å². The maximum atomic E-state index is 13.6. The molecule has 0 radical (unpaired) electrons. The summed E-state index contributed by atoms with van der Waals surface area (Å²) in [6.07, 6.45) is 0. The van der Waals surface area contributed by atoms with Crippen molar-refractivity contribution in [2.45, 2.75) is 13.2 Å². The summed E-state index contributed by atoms with van der Waals surface area (Å²) in [6, 6.07) is 26.3. The molecule has 4 aromatic carbocycles. The molecule has 0 atom stereocenters. The van der Waals surface area contributed by atoms with E-state index in [9.17, 15) is 4.79 Å². The molecule has 0 saturated heterocycles. The van der Waals surface area contributed by atoms with Crippen LogP contribution in [0.25, 0.3) is 22.3 Å². The Labute approximate surface area is 245 Å². The monoisotopic (exact) mass is 650 g/mol. The second-order valence-electron chi connectivity index (χ2n) is 8.83. The number of hydrogen-bond acceptors (Lipinski definition) is 7. The minimum Gasteiger partial charge on any atom is -0.493 e. The zero-order chi connectivity index (χ0) is 28.1. The first kappa shape index (κ1) is 27.4. The van der Waals surface area contributed by atoms with Crippen molar-refractivity contribution in [1.29, 1.82) is 0 Å². The average molecular weight is 650 g/mol. The molecule has 5 rings (SSSR count). The van der Waals surface area contributed by atoms with Crippen LogP contribution in [0.4, 0.5) is 0 Å². The third-order valence-electron chi connectivity index (χ3n) is 6.30. The molecule has 1 aromatic heterocycles. The topological polar surface area (TPSA) is 76.4 Å². The Morgan fingerprint density at radius 2 is 1.23 bits per heavy atom. The predicted molar refractivity (Wildman–Crippen MR) is 162 cm³/mol. The van der Waals surface area contributed by atoms with Crippen LogP contribution >= 0.6 is 22.6 Å². The van der Waals surface area contributed by atoms with Gasteiger partial charge in [-0.05, 0) is 45.9 Å². The minimum absolute atomic E-state index is 0.249. The third-order valence-corrected chi connectivity index (χ3v) is 7.32. The summed E-state index contributed by atoms with van der Waals surface area (Å²) >= 11 is 2.15. The van der Waals surface area contributed by atoms with Crippen LogP contribution in [-0.2, 0) is 13.2 Å². The Morgan fingerprint density at radius 1 is 0.675 bits per heavy atom. The highest BCUT2D eigenvalue weighted by molar-refractivity contribution is 14.1. The van der Waals surface area contributed by atoms with Crippen LogP contribution in [0.1, 0.15) is 11.1 Å². The van der Waals surface area contributed by atoms with E-state index >= 15 is 0 Å². The van der Waals surface area contributed by atoms with Gasteiger partial charge in [-0.25, -0.2) is 0 Å². The second kappa shape index (κ2) is 12.3. The highest BCUT2D eigenvalue weighted by Gasteiger charge is 2.21. The minimum atomic E-state index is -0.249. The fraction of sp³-hybridized carbons (Fsp3) is 0.156. The van der Waals surface area contributed by atoms with E-state index in [-0.39, 0.29) is 12.0 Å². The van der Waals surface area contributed by atoms with E-state index in [0.717, 1.165) is 11.1 Å². The van der Waals surface area contributed by atoms with Crippen molar-refractivity contribution in [3.63, 3.8) is 0 Å². The Bertz CT molecular complexity index is 1660. The molecule has 0 bridgehead atoms. The van der Waals surface area contributed by atoms with Crippen LogP contribution in [0.2, 0.25) is 0 Å². The molecule has 40 heavy (non-hydrogen) atoms. The lowest BCUT2D eigenvalue weighted by atomic mass is 10.1. The summed E-state index contributed by atoms with van der Waals surface area (Å²) in [5.41, 5.74) is 2.69. The van der Waals surface area contributed by atoms with Crippen molar-refractivity contribution >= 4 is 33.6 Å². The zero-order valence-electron chi connectivity index (χ0n) is 22.2. The van der Waals surface area contributed by atoms with Crippen molar-refractivity contribution in [3.8, 4) is 40.1 Å². The smallest absolute Gasteiger partial charge is 0.203 e. The summed E-state index contributed by atoms with van der Waals surface area (Å²) in [7, 11) is 4.60. The van der Waals surface area contributed by atoms with Gasteiger partial charge < -0.3 is 28.1 Å². The van der Waals surface area contributed by atoms with Gasteiger partial charge in [0.15, 0.2) is 22.5 Å². The fourth-order valence-electron chi connectivity index (χ4n) is 4.30. The van der Waals surface area contributed by atoms with Crippen molar-refractivity contribution < 1.29 is 28.1 Å². The van der Waals surface area contributed by atoms with Gasteiger partial charge in [-0.1, -0.05) is 60.7 Å². The van der Waals surface area contributed by atoms with E-state index < -0.39 is 0 Å². The molecular weight excluding hydrogens is 623 g/mol. The summed E-state index contributed by atoms with van der Waals surface area (Å²) in [6.45, 7) is 0.625. The molecule has 1 heterocycles. The van der Waals surface area contributed by atoms with Gasteiger partial charge in [-0.2, -0.15) is 0 Å². The van der Waals surface area contributed by atoms with Gasteiger partial charge in [-0.3, -0.25) is 4.79 Å². The standard InChI is InChI=1S/C32H27IO7/c1-35-27-14-22(15-28(36-2)31(27)37-3)24-16-23(34)29-25(38-18-20-10-6-4-7-11-20)17-26(30(33)32(29)40-24)39-19-21-12-8-5-9-13-21/h4-17H,18-19H2,1-3H3. The first-order valence-corrected chi connectivity index (χ1v) is 13.5. The molecule has 0 saturated carbocycles. The summed E-state index contributed by atoms with van der Waals surface area (Å²) in [5.74, 6) is 2.60. The van der Waals surface area contributed by atoms with Crippen molar-refractivity contribution in [3.05, 3.63) is 110 Å². The molecule has 7 nitrogen and oxygen atoms in total. The Balaban J connectivity index is 1.64. The molecule has 0 spiro atoms. The summed E-state index contributed by atoms with van der Waals surface area (Å²) in [5, 5.41) is 0.337. The molecule has 0 aliphatic carbocycles. The number of benzene rings is 4. The van der Waals surface area contributed by atoms with Gasteiger partial charge in [0.25, 0.3) is 0 Å². The summed E-state index contributed by atoms with van der Waals surface area (Å²) in [4.78, 5) is 13.6. The van der Waals surface area contributed by atoms with Crippen LogP contribution in [0.15, 0.2) is 94.1 Å². The van der Waals surface area contributed by atoms with E-state index in [1.54, 1.807) is 18.2 Å². The molecule has 0 N–H and O–H groups in total. The fourth-order valence-corrected chi connectivity index (χ4v) is 4.99. The normalized spacial score (nSPS) is 10.8.